The van der Waals surface area contributed by atoms with Gasteiger partial charge in [0, 0.05) is 12.7 Å². The molecule has 1 aromatic rings. The zero-order valence-corrected chi connectivity index (χ0v) is 11.3. The average molecular weight is 274 g/mol. The molecule has 0 spiro atoms. The Morgan fingerprint density at radius 2 is 2.13 bits per heavy atom. The van der Waals surface area contributed by atoms with E-state index in [1.54, 1.807) is 0 Å². The molecule has 1 aromatic heterocycles. The van der Waals surface area contributed by atoms with Crippen LogP contribution in [0.3, 0.4) is 0 Å². The first-order valence-electron chi connectivity index (χ1n) is 5.46. The van der Waals surface area contributed by atoms with Crippen LogP contribution in [-0.4, -0.2) is 22.9 Å². The molecule has 1 atom stereocenters. The van der Waals surface area contributed by atoms with E-state index in [1.807, 2.05) is 17.1 Å². The van der Waals surface area contributed by atoms with Crippen molar-refractivity contribution in [1.82, 2.24) is 15.1 Å². The van der Waals surface area contributed by atoms with Gasteiger partial charge in [-0.3, -0.25) is 4.68 Å². The fourth-order valence-corrected chi connectivity index (χ4v) is 1.77. The molecule has 4 heteroatoms. The SMILES string of the molecule is CC(C)CNCC(C)Cn1cc(Br)cn1. The summed E-state index contributed by atoms with van der Waals surface area (Å²) in [7, 11) is 0. The van der Waals surface area contributed by atoms with E-state index in [2.05, 4.69) is 47.1 Å². The predicted octanol–water partition coefficient (Wildman–Crippen LogP) is 2.53. The molecule has 0 aromatic carbocycles. The smallest absolute Gasteiger partial charge is 0.0632 e. The minimum atomic E-state index is 0.607. The molecule has 0 aliphatic rings. The summed E-state index contributed by atoms with van der Waals surface area (Å²) in [5.74, 6) is 1.33. The van der Waals surface area contributed by atoms with Crippen LogP contribution in [0.15, 0.2) is 16.9 Å². The highest BCUT2D eigenvalue weighted by Gasteiger charge is 2.04. The number of rotatable bonds is 6. The second kappa shape index (κ2) is 6.28. The zero-order chi connectivity index (χ0) is 11.3. The van der Waals surface area contributed by atoms with Crippen LogP contribution in [-0.2, 0) is 6.54 Å². The van der Waals surface area contributed by atoms with E-state index in [0.29, 0.717) is 5.92 Å². The molecule has 0 aliphatic heterocycles. The number of hydrogen-bond donors (Lipinski definition) is 1. The van der Waals surface area contributed by atoms with Crippen LogP contribution in [0.5, 0.6) is 0 Å². The molecule has 0 fully saturated rings. The highest BCUT2D eigenvalue weighted by atomic mass is 79.9. The summed E-state index contributed by atoms with van der Waals surface area (Å²) in [6.07, 6.45) is 3.84. The molecular formula is C11H20BrN3. The van der Waals surface area contributed by atoms with Crippen molar-refractivity contribution in [2.24, 2.45) is 11.8 Å². The Morgan fingerprint density at radius 1 is 1.40 bits per heavy atom. The van der Waals surface area contributed by atoms with Crippen molar-refractivity contribution >= 4 is 15.9 Å². The lowest BCUT2D eigenvalue weighted by molar-refractivity contribution is 0.409. The van der Waals surface area contributed by atoms with Gasteiger partial charge in [-0.25, -0.2) is 0 Å². The fraction of sp³-hybridized carbons (Fsp3) is 0.727. The minimum Gasteiger partial charge on any atom is -0.316 e. The first-order valence-corrected chi connectivity index (χ1v) is 6.26. The van der Waals surface area contributed by atoms with Crippen molar-refractivity contribution in [2.75, 3.05) is 13.1 Å². The number of aromatic nitrogens is 2. The summed E-state index contributed by atoms with van der Waals surface area (Å²) in [4.78, 5) is 0. The maximum Gasteiger partial charge on any atom is 0.0632 e. The lowest BCUT2D eigenvalue weighted by atomic mass is 10.1. The Bertz CT molecular complexity index is 283. The second-order valence-corrected chi connectivity index (χ2v) is 5.45. The monoisotopic (exact) mass is 273 g/mol. The van der Waals surface area contributed by atoms with Gasteiger partial charge in [-0.2, -0.15) is 5.10 Å². The van der Waals surface area contributed by atoms with Gasteiger partial charge in [0.1, 0.15) is 0 Å². The molecule has 0 radical (unpaired) electrons. The Kier molecular flexibility index (Phi) is 5.32. The molecule has 0 aliphatic carbocycles. The zero-order valence-electron chi connectivity index (χ0n) is 9.70. The molecule has 0 saturated heterocycles. The molecule has 0 bridgehead atoms. The average Bonchev–Trinajstić information content (AvgIpc) is 2.50. The Balaban J connectivity index is 2.21. The molecule has 0 amide bonds. The minimum absolute atomic E-state index is 0.607. The third-order valence-electron chi connectivity index (χ3n) is 2.15. The van der Waals surface area contributed by atoms with E-state index >= 15 is 0 Å². The number of nitrogens with one attached hydrogen (secondary N) is 1. The number of nitrogens with zero attached hydrogens (tertiary/aromatic N) is 2. The van der Waals surface area contributed by atoms with E-state index < -0.39 is 0 Å². The van der Waals surface area contributed by atoms with Crippen molar-refractivity contribution < 1.29 is 0 Å². The van der Waals surface area contributed by atoms with Crippen molar-refractivity contribution in [2.45, 2.75) is 27.3 Å². The van der Waals surface area contributed by atoms with Crippen LogP contribution < -0.4 is 5.32 Å². The quantitative estimate of drug-likeness (QED) is 0.864. The lowest BCUT2D eigenvalue weighted by Crippen LogP contribution is -2.27. The maximum absolute atomic E-state index is 4.24. The van der Waals surface area contributed by atoms with Gasteiger partial charge >= 0.3 is 0 Å². The summed E-state index contributed by atoms with van der Waals surface area (Å²) in [6.45, 7) is 9.80. The van der Waals surface area contributed by atoms with E-state index in [0.717, 1.165) is 30.0 Å². The van der Waals surface area contributed by atoms with E-state index in [-0.39, 0.29) is 0 Å². The normalized spacial score (nSPS) is 13.4. The van der Waals surface area contributed by atoms with Crippen molar-refractivity contribution in [3.8, 4) is 0 Å². The van der Waals surface area contributed by atoms with Crippen LogP contribution >= 0.6 is 15.9 Å². The van der Waals surface area contributed by atoms with Gasteiger partial charge in [-0.05, 0) is 40.9 Å². The molecule has 15 heavy (non-hydrogen) atoms. The molecule has 86 valence electrons. The standard InChI is InChI=1S/C11H20BrN3/c1-9(2)4-13-5-10(3)7-15-8-11(12)6-14-15/h6,8-10,13H,4-5,7H2,1-3H3. The Hall–Kier alpha value is -0.350. The summed E-state index contributed by atoms with van der Waals surface area (Å²) < 4.78 is 3.02. The molecule has 3 nitrogen and oxygen atoms in total. The molecule has 1 rings (SSSR count). The van der Waals surface area contributed by atoms with Crippen LogP contribution in [0, 0.1) is 11.8 Å². The van der Waals surface area contributed by atoms with Gasteiger partial charge in [0.15, 0.2) is 0 Å². The summed E-state index contributed by atoms with van der Waals surface area (Å²) in [5.41, 5.74) is 0. The molecule has 0 saturated carbocycles. The number of halogens is 1. The van der Waals surface area contributed by atoms with Crippen LogP contribution in [0.4, 0.5) is 0 Å². The third-order valence-corrected chi connectivity index (χ3v) is 2.56. The van der Waals surface area contributed by atoms with Gasteiger partial charge in [0.2, 0.25) is 0 Å². The van der Waals surface area contributed by atoms with Gasteiger partial charge in [0.25, 0.3) is 0 Å². The van der Waals surface area contributed by atoms with Crippen molar-refractivity contribution in [1.29, 1.82) is 0 Å². The van der Waals surface area contributed by atoms with Crippen LogP contribution in [0.1, 0.15) is 20.8 Å². The Morgan fingerprint density at radius 3 is 2.67 bits per heavy atom. The second-order valence-electron chi connectivity index (χ2n) is 4.54. The van der Waals surface area contributed by atoms with E-state index in [1.165, 1.54) is 0 Å². The number of hydrogen-bond acceptors (Lipinski definition) is 2. The summed E-state index contributed by atoms with van der Waals surface area (Å²) in [5, 5.41) is 7.70. The summed E-state index contributed by atoms with van der Waals surface area (Å²) in [6, 6.07) is 0. The topological polar surface area (TPSA) is 29.9 Å². The molecule has 1 unspecified atom stereocenters. The lowest BCUT2D eigenvalue weighted by Gasteiger charge is -2.13. The van der Waals surface area contributed by atoms with E-state index in [4.69, 9.17) is 0 Å². The first-order chi connectivity index (χ1) is 7.08. The van der Waals surface area contributed by atoms with Gasteiger partial charge in [-0.1, -0.05) is 20.8 Å². The first kappa shape index (κ1) is 12.7. The van der Waals surface area contributed by atoms with Gasteiger partial charge < -0.3 is 5.32 Å². The largest absolute Gasteiger partial charge is 0.316 e. The highest BCUT2D eigenvalue weighted by molar-refractivity contribution is 9.10. The van der Waals surface area contributed by atoms with Gasteiger partial charge in [-0.15, -0.1) is 0 Å². The predicted molar refractivity (Wildman–Crippen MR) is 66.8 cm³/mol. The fourth-order valence-electron chi connectivity index (χ4n) is 1.44. The summed E-state index contributed by atoms with van der Waals surface area (Å²) >= 11 is 3.39. The molecule has 1 heterocycles. The Labute approximate surface area is 100 Å². The van der Waals surface area contributed by atoms with Crippen molar-refractivity contribution in [3.63, 3.8) is 0 Å². The molecular weight excluding hydrogens is 254 g/mol. The van der Waals surface area contributed by atoms with Crippen LogP contribution in [0.2, 0.25) is 0 Å². The van der Waals surface area contributed by atoms with Crippen LogP contribution in [0.25, 0.3) is 0 Å². The van der Waals surface area contributed by atoms with Gasteiger partial charge in [0.05, 0.1) is 10.7 Å². The highest BCUT2D eigenvalue weighted by Crippen LogP contribution is 2.08. The maximum atomic E-state index is 4.24. The van der Waals surface area contributed by atoms with E-state index in [9.17, 15) is 0 Å². The molecule has 1 N–H and O–H groups in total. The third kappa shape index (κ3) is 5.33. The van der Waals surface area contributed by atoms with Crippen molar-refractivity contribution in [3.05, 3.63) is 16.9 Å².